The SMILES string of the molecule is CCCCN(CCO)S(=O)(=O)c1cc(Br)ccc1C. The lowest BCUT2D eigenvalue weighted by Gasteiger charge is -2.22. The average Bonchev–Trinajstić information content (AvgIpc) is 2.37. The largest absolute Gasteiger partial charge is 0.395 e. The van der Waals surface area contributed by atoms with Gasteiger partial charge in [-0.05, 0) is 31.0 Å². The van der Waals surface area contributed by atoms with Gasteiger partial charge in [0.25, 0.3) is 0 Å². The van der Waals surface area contributed by atoms with E-state index in [0.717, 1.165) is 17.3 Å². The van der Waals surface area contributed by atoms with E-state index < -0.39 is 10.0 Å². The predicted octanol–water partition coefficient (Wildman–Crippen LogP) is 2.54. The van der Waals surface area contributed by atoms with E-state index in [1.165, 1.54) is 4.31 Å². The molecule has 0 spiro atoms. The number of hydrogen-bond donors (Lipinski definition) is 1. The van der Waals surface area contributed by atoms with Crippen LogP contribution in [0.25, 0.3) is 0 Å². The zero-order chi connectivity index (χ0) is 14.5. The second kappa shape index (κ2) is 7.38. The van der Waals surface area contributed by atoms with Gasteiger partial charge in [-0.1, -0.05) is 35.3 Å². The molecule has 0 amide bonds. The molecular weight excluding hydrogens is 330 g/mol. The van der Waals surface area contributed by atoms with Gasteiger partial charge in [0.15, 0.2) is 0 Å². The highest BCUT2D eigenvalue weighted by molar-refractivity contribution is 9.10. The monoisotopic (exact) mass is 349 g/mol. The fraction of sp³-hybridized carbons (Fsp3) is 0.538. The quantitative estimate of drug-likeness (QED) is 0.822. The van der Waals surface area contributed by atoms with E-state index in [4.69, 9.17) is 5.11 Å². The first-order chi connectivity index (χ1) is 8.93. The Balaban J connectivity index is 3.14. The number of nitrogens with zero attached hydrogens (tertiary/aromatic N) is 1. The Bertz CT molecular complexity index is 517. The highest BCUT2D eigenvalue weighted by Crippen LogP contribution is 2.24. The summed E-state index contributed by atoms with van der Waals surface area (Å²) in [6.45, 7) is 4.18. The van der Waals surface area contributed by atoms with E-state index in [9.17, 15) is 8.42 Å². The van der Waals surface area contributed by atoms with Crippen molar-refractivity contribution in [1.82, 2.24) is 4.31 Å². The molecule has 0 aliphatic carbocycles. The second-order valence-electron chi connectivity index (χ2n) is 4.39. The highest BCUT2D eigenvalue weighted by Gasteiger charge is 2.25. The first-order valence-corrected chi connectivity index (χ1v) is 8.54. The molecule has 19 heavy (non-hydrogen) atoms. The molecule has 0 heterocycles. The summed E-state index contributed by atoms with van der Waals surface area (Å²) >= 11 is 3.30. The van der Waals surface area contributed by atoms with Crippen molar-refractivity contribution >= 4 is 26.0 Å². The number of benzene rings is 1. The van der Waals surface area contributed by atoms with Crippen LogP contribution in [0.15, 0.2) is 27.6 Å². The lowest BCUT2D eigenvalue weighted by molar-refractivity contribution is 0.252. The van der Waals surface area contributed by atoms with Crippen LogP contribution in [0.2, 0.25) is 0 Å². The lowest BCUT2D eigenvalue weighted by Crippen LogP contribution is -2.34. The lowest BCUT2D eigenvalue weighted by atomic mass is 10.2. The van der Waals surface area contributed by atoms with Gasteiger partial charge in [0.2, 0.25) is 10.0 Å². The molecular formula is C13H20BrNO3S. The molecule has 1 N–H and O–H groups in total. The topological polar surface area (TPSA) is 57.6 Å². The highest BCUT2D eigenvalue weighted by atomic mass is 79.9. The van der Waals surface area contributed by atoms with Gasteiger partial charge in [-0.2, -0.15) is 4.31 Å². The van der Waals surface area contributed by atoms with Crippen molar-refractivity contribution < 1.29 is 13.5 Å². The zero-order valence-electron chi connectivity index (χ0n) is 11.3. The fourth-order valence-electron chi connectivity index (χ4n) is 1.79. The molecule has 0 aliphatic heterocycles. The van der Waals surface area contributed by atoms with Crippen molar-refractivity contribution in [3.05, 3.63) is 28.2 Å². The first-order valence-electron chi connectivity index (χ1n) is 6.30. The molecule has 0 unspecified atom stereocenters. The summed E-state index contributed by atoms with van der Waals surface area (Å²) in [4.78, 5) is 0.298. The van der Waals surface area contributed by atoms with Gasteiger partial charge < -0.3 is 5.11 Å². The van der Waals surface area contributed by atoms with Crippen LogP contribution in [-0.2, 0) is 10.0 Å². The van der Waals surface area contributed by atoms with Crippen LogP contribution in [0.1, 0.15) is 25.3 Å². The molecule has 108 valence electrons. The van der Waals surface area contributed by atoms with Gasteiger partial charge in [-0.25, -0.2) is 8.42 Å². The van der Waals surface area contributed by atoms with Crippen LogP contribution < -0.4 is 0 Å². The minimum Gasteiger partial charge on any atom is -0.395 e. The van der Waals surface area contributed by atoms with Crippen molar-refractivity contribution in [3.63, 3.8) is 0 Å². The van der Waals surface area contributed by atoms with E-state index in [1.54, 1.807) is 19.1 Å². The van der Waals surface area contributed by atoms with Gasteiger partial charge in [0.05, 0.1) is 11.5 Å². The van der Waals surface area contributed by atoms with Gasteiger partial charge in [-0.3, -0.25) is 0 Å². The normalized spacial score (nSPS) is 12.1. The molecule has 0 aromatic heterocycles. The van der Waals surface area contributed by atoms with Crippen molar-refractivity contribution in [1.29, 1.82) is 0 Å². The van der Waals surface area contributed by atoms with E-state index >= 15 is 0 Å². The summed E-state index contributed by atoms with van der Waals surface area (Å²) in [7, 11) is -3.55. The van der Waals surface area contributed by atoms with Gasteiger partial charge in [0.1, 0.15) is 0 Å². The Kier molecular flexibility index (Phi) is 6.46. The van der Waals surface area contributed by atoms with Crippen LogP contribution in [-0.4, -0.2) is 37.5 Å². The molecule has 4 nitrogen and oxygen atoms in total. The average molecular weight is 350 g/mol. The Hall–Kier alpha value is -0.430. The number of hydrogen-bond acceptors (Lipinski definition) is 3. The standard InChI is InChI=1S/C13H20BrNO3S/c1-3-4-7-15(8-9-16)19(17,18)13-10-12(14)6-5-11(13)2/h5-6,10,16H,3-4,7-9H2,1-2H3. The summed E-state index contributed by atoms with van der Waals surface area (Å²) < 4.78 is 27.3. The van der Waals surface area contributed by atoms with E-state index in [-0.39, 0.29) is 13.2 Å². The number of aryl methyl sites for hydroxylation is 1. The van der Waals surface area contributed by atoms with Gasteiger partial charge >= 0.3 is 0 Å². The molecule has 0 bridgehead atoms. The Morgan fingerprint density at radius 1 is 1.32 bits per heavy atom. The zero-order valence-corrected chi connectivity index (χ0v) is 13.7. The third-order valence-corrected chi connectivity index (χ3v) is 5.41. The molecule has 1 aromatic carbocycles. The smallest absolute Gasteiger partial charge is 0.243 e. The summed E-state index contributed by atoms with van der Waals surface area (Å²) in [6, 6.07) is 5.20. The molecule has 0 saturated carbocycles. The maximum absolute atomic E-state index is 12.6. The number of unbranched alkanes of at least 4 members (excludes halogenated alkanes) is 1. The minimum atomic E-state index is -3.55. The Labute approximate surface area is 123 Å². The maximum Gasteiger partial charge on any atom is 0.243 e. The molecule has 0 radical (unpaired) electrons. The molecule has 6 heteroatoms. The van der Waals surface area contributed by atoms with Crippen LogP contribution in [0.5, 0.6) is 0 Å². The van der Waals surface area contributed by atoms with Crippen LogP contribution in [0.3, 0.4) is 0 Å². The Morgan fingerprint density at radius 2 is 2.00 bits per heavy atom. The van der Waals surface area contributed by atoms with Crippen molar-refractivity contribution in [2.75, 3.05) is 19.7 Å². The number of halogens is 1. The molecule has 0 aliphatic rings. The fourth-order valence-corrected chi connectivity index (χ4v) is 4.02. The molecule has 1 rings (SSSR count). The van der Waals surface area contributed by atoms with Gasteiger partial charge in [0, 0.05) is 17.6 Å². The number of aliphatic hydroxyl groups excluding tert-OH is 1. The maximum atomic E-state index is 12.6. The summed E-state index contributed by atoms with van der Waals surface area (Å²) in [5, 5.41) is 9.05. The van der Waals surface area contributed by atoms with Crippen LogP contribution >= 0.6 is 15.9 Å². The van der Waals surface area contributed by atoms with E-state index in [2.05, 4.69) is 15.9 Å². The third kappa shape index (κ3) is 4.27. The summed E-state index contributed by atoms with van der Waals surface area (Å²) in [5.74, 6) is 0. The number of aliphatic hydroxyl groups is 1. The van der Waals surface area contributed by atoms with Crippen molar-refractivity contribution in [3.8, 4) is 0 Å². The molecule has 1 aromatic rings. The van der Waals surface area contributed by atoms with Crippen LogP contribution in [0, 0.1) is 6.92 Å². The molecule has 0 fully saturated rings. The van der Waals surface area contributed by atoms with Crippen molar-refractivity contribution in [2.45, 2.75) is 31.6 Å². The number of rotatable bonds is 7. The molecule has 0 saturated heterocycles. The van der Waals surface area contributed by atoms with E-state index in [0.29, 0.717) is 17.0 Å². The minimum absolute atomic E-state index is 0.133. The second-order valence-corrected chi connectivity index (χ2v) is 7.21. The Morgan fingerprint density at radius 3 is 2.58 bits per heavy atom. The van der Waals surface area contributed by atoms with E-state index in [1.807, 2.05) is 13.0 Å². The first kappa shape index (κ1) is 16.6. The van der Waals surface area contributed by atoms with Crippen LogP contribution in [0.4, 0.5) is 0 Å². The predicted molar refractivity (Wildman–Crippen MR) is 79.6 cm³/mol. The van der Waals surface area contributed by atoms with Crippen molar-refractivity contribution in [2.24, 2.45) is 0 Å². The summed E-state index contributed by atoms with van der Waals surface area (Å²) in [5.41, 5.74) is 0.711. The molecule has 0 atom stereocenters. The third-order valence-electron chi connectivity index (χ3n) is 2.88. The summed E-state index contributed by atoms with van der Waals surface area (Å²) in [6.07, 6.45) is 1.70. The number of sulfonamides is 1. The van der Waals surface area contributed by atoms with Gasteiger partial charge in [-0.15, -0.1) is 0 Å².